The minimum absolute atomic E-state index is 0.187. The molecular formula is C15H25N5O3. The fourth-order valence-electron chi connectivity index (χ4n) is 2.36. The normalized spacial score (nSPS) is 16.5. The number of aliphatic hydroxyl groups is 1. The summed E-state index contributed by atoms with van der Waals surface area (Å²) in [5, 5.41) is 12.5. The van der Waals surface area contributed by atoms with Gasteiger partial charge in [0.1, 0.15) is 5.69 Å². The maximum atomic E-state index is 12.3. The number of ether oxygens (including phenoxy) is 1. The third kappa shape index (κ3) is 5.42. The molecule has 1 aliphatic rings. The van der Waals surface area contributed by atoms with Gasteiger partial charge in [-0.3, -0.25) is 4.79 Å². The SMILES string of the molecule is Cc1cc(C(=O)NC[C@@H](O)CN(C)C)nc(N2CCOCC2)n1. The molecule has 0 bridgehead atoms. The van der Waals surface area contributed by atoms with Crippen LogP contribution in [0.2, 0.25) is 0 Å². The van der Waals surface area contributed by atoms with Crippen molar-refractivity contribution >= 4 is 11.9 Å². The van der Waals surface area contributed by atoms with Crippen LogP contribution in [0.3, 0.4) is 0 Å². The van der Waals surface area contributed by atoms with Crippen LogP contribution in [0.25, 0.3) is 0 Å². The van der Waals surface area contributed by atoms with Crippen molar-refractivity contribution in [1.29, 1.82) is 0 Å². The van der Waals surface area contributed by atoms with Crippen molar-refractivity contribution in [3.05, 3.63) is 17.5 Å². The summed E-state index contributed by atoms with van der Waals surface area (Å²) in [6.45, 7) is 5.21. The van der Waals surface area contributed by atoms with Crippen LogP contribution in [-0.4, -0.2) is 85.5 Å². The Labute approximate surface area is 136 Å². The van der Waals surface area contributed by atoms with Crippen molar-refractivity contribution in [3.63, 3.8) is 0 Å². The van der Waals surface area contributed by atoms with Gasteiger partial charge in [0.2, 0.25) is 5.95 Å². The van der Waals surface area contributed by atoms with E-state index in [-0.39, 0.29) is 12.5 Å². The van der Waals surface area contributed by atoms with E-state index in [0.29, 0.717) is 44.5 Å². The Kier molecular flexibility index (Phi) is 6.26. The van der Waals surface area contributed by atoms with E-state index >= 15 is 0 Å². The molecule has 8 nitrogen and oxygen atoms in total. The number of morpholine rings is 1. The third-order valence-electron chi connectivity index (χ3n) is 3.44. The zero-order valence-corrected chi connectivity index (χ0v) is 13.9. The fraction of sp³-hybridized carbons (Fsp3) is 0.667. The molecule has 1 aromatic rings. The number of rotatable bonds is 6. The molecule has 0 aliphatic carbocycles. The van der Waals surface area contributed by atoms with Gasteiger partial charge < -0.3 is 25.0 Å². The predicted molar refractivity (Wildman–Crippen MR) is 86.7 cm³/mol. The summed E-state index contributed by atoms with van der Waals surface area (Å²) in [6, 6.07) is 1.65. The van der Waals surface area contributed by atoms with Gasteiger partial charge in [-0.15, -0.1) is 0 Å². The van der Waals surface area contributed by atoms with Gasteiger partial charge in [0, 0.05) is 31.9 Å². The number of hydrogen-bond donors (Lipinski definition) is 2. The van der Waals surface area contributed by atoms with Crippen LogP contribution in [0.5, 0.6) is 0 Å². The first-order valence-corrected chi connectivity index (χ1v) is 7.75. The van der Waals surface area contributed by atoms with Crippen LogP contribution < -0.4 is 10.2 Å². The van der Waals surface area contributed by atoms with Crippen LogP contribution in [0.1, 0.15) is 16.2 Å². The molecule has 1 aromatic heterocycles. The molecule has 1 aliphatic heterocycles. The minimum Gasteiger partial charge on any atom is -0.390 e. The first kappa shape index (κ1) is 17.6. The summed E-state index contributed by atoms with van der Waals surface area (Å²) in [5.41, 5.74) is 1.05. The summed E-state index contributed by atoms with van der Waals surface area (Å²) in [7, 11) is 3.74. The number of amides is 1. The average molecular weight is 323 g/mol. The highest BCUT2D eigenvalue weighted by molar-refractivity contribution is 5.92. The second-order valence-electron chi connectivity index (χ2n) is 5.92. The van der Waals surface area contributed by atoms with Crippen molar-refractivity contribution in [2.75, 3.05) is 58.4 Å². The highest BCUT2D eigenvalue weighted by Gasteiger charge is 2.18. The molecule has 0 unspecified atom stereocenters. The number of aromatic nitrogens is 2. The summed E-state index contributed by atoms with van der Waals surface area (Å²) in [5.74, 6) is 0.245. The highest BCUT2D eigenvalue weighted by Crippen LogP contribution is 2.12. The van der Waals surface area contributed by atoms with Crippen LogP contribution >= 0.6 is 0 Å². The van der Waals surface area contributed by atoms with Gasteiger partial charge in [0.15, 0.2) is 0 Å². The monoisotopic (exact) mass is 323 g/mol. The summed E-state index contributed by atoms with van der Waals surface area (Å²) in [6.07, 6.45) is -0.615. The standard InChI is InChI=1S/C15H25N5O3/c1-11-8-13(14(22)16-9-12(21)10-19(2)3)18-15(17-11)20-4-6-23-7-5-20/h8,12,21H,4-7,9-10H2,1-3H3,(H,16,22)/t12-/m1/s1. The number of aliphatic hydroxyl groups excluding tert-OH is 1. The lowest BCUT2D eigenvalue weighted by molar-refractivity contribution is 0.0887. The van der Waals surface area contributed by atoms with Crippen molar-refractivity contribution < 1.29 is 14.6 Å². The number of carbonyl (C=O) groups is 1. The zero-order valence-electron chi connectivity index (χ0n) is 13.9. The molecule has 1 atom stereocenters. The number of nitrogens with one attached hydrogen (secondary N) is 1. The molecule has 0 saturated carbocycles. The van der Waals surface area contributed by atoms with Crippen molar-refractivity contribution in [2.45, 2.75) is 13.0 Å². The van der Waals surface area contributed by atoms with Gasteiger partial charge in [-0.25, -0.2) is 9.97 Å². The maximum Gasteiger partial charge on any atom is 0.270 e. The number of carbonyl (C=O) groups excluding carboxylic acids is 1. The number of anilines is 1. The summed E-state index contributed by atoms with van der Waals surface area (Å²) in [4.78, 5) is 24.9. The maximum absolute atomic E-state index is 12.3. The van der Waals surface area contributed by atoms with E-state index in [0.717, 1.165) is 5.69 Å². The molecule has 128 valence electrons. The Morgan fingerprint density at radius 2 is 2.13 bits per heavy atom. The van der Waals surface area contributed by atoms with E-state index in [4.69, 9.17) is 4.74 Å². The van der Waals surface area contributed by atoms with Gasteiger partial charge >= 0.3 is 0 Å². The first-order chi connectivity index (χ1) is 11.0. The molecule has 1 saturated heterocycles. The second-order valence-corrected chi connectivity index (χ2v) is 5.92. The van der Waals surface area contributed by atoms with Crippen molar-refractivity contribution in [1.82, 2.24) is 20.2 Å². The summed E-state index contributed by atoms with van der Waals surface area (Å²) < 4.78 is 5.32. The van der Waals surface area contributed by atoms with Crippen molar-refractivity contribution in [2.24, 2.45) is 0 Å². The van der Waals surface area contributed by atoms with Crippen molar-refractivity contribution in [3.8, 4) is 0 Å². The molecule has 1 amide bonds. The van der Waals surface area contributed by atoms with E-state index in [1.54, 1.807) is 6.07 Å². The van der Waals surface area contributed by atoms with E-state index in [2.05, 4.69) is 15.3 Å². The molecule has 0 radical (unpaired) electrons. The smallest absolute Gasteiger partial charge is 0.270 e. The minimum atomic E-state index is -0.615. The van der Waals surface area contributed by atoms with Crippen LogP contribution in [0.15, 0.2) is 6.07 Å². The Hall–Kier alpha value is -1.77. The molecule has 0 spiro atoms. The van der Waals surface area contributed by atoms with Gasteiger partial charge in [0.25, 0.3) is 5.91 Å². The molecule has 2 heterocycles. The van der Waals surface area contributed by atoms with Crippen LogP contribution in [0, 0.1) is 6.92 Å². The Morgan fingerprint density at radius 3 is 2.78 bits per heavy atom. The summed E-state index contributed by atoms with van der Waals surface area (Å²) >= 11 is 0. The lowest BCUT2D eigenvalue weighted by Gasteiger charge is -2.27. The quantitative estimate of drug-likeness (QED) is 0.713. The van der Waals surface area contributed by atoms with Crippen LogP contribution in [-0.2, 0) is 4.74 Å². The third-order valence-corrected chi connectivity index (χ3v) is 3.44. The topological polar surface area (TPSA) is 90.8 Å². The molecule has 0 aromatic carbocycles. The number of aryl methyl sites for hydroxylation is 1. The first-order valence-electron chi connectivity index (χ1n) is 7.75. The van der Waals surface area contributed by atoms with Gasteiger partial charge in [-0.05, 0) is 27.1 Å². The number of nitrogens with zero attached hydrogens (tertiary/aromatic N) is 4. The number of likely N-dealkylation sites (N-methyl/N-ethyl adjacent to an activating group) is 1. The lowest BCUT2D eigenvalue weighted by atomic mass is 10.3. The number of hydrogen-bond acceptors (Lipinski definition) is 7. The largest absolute Gasteiger partial charge is 0.390 e. The molecule has 8 heteroatoms. The average Bonchev–Trinajstić information content (AvgIpc) is 2.52. The van der Waals surface area contributed by atoms with E-state index in [9.17, 15) is 9.90 Å². The lowest BCUT2D eigenvalue weighted by Crippen LogP contribution is -2.39. The Balaban J connectivity index is 2.00. The van der Waals surface area contributed by atoms with E-state index in [1.807, 2.05) is 30.8 Å². The highest BCUT2D eigenvalue weighted by atomic mass is 16.5. The Morgan fingerprint density at radius 1 is 1.43 bits per heavy atom. The molecule has 2 N–H and O–H groups in total. The van der Waals surface area contributed by atoms with E-state index < -0.39 is 6.10 Å². The molecule has 23 heavy (non-hydrogen) atoms. The molecule has 2 rings (SSSR count). The Bertz CT molecular complexity index is 532. The zero-order chi connectivity index (χ0) is 16.8. The molecule has 1 fully saturated rings. The fourth-order valence-corrected chi connectivity index (χ4v) is 2.36. The second kappa shape index (κ2) is 8.19. The van der Waals surface area contributed by atoms with E-state index in [1.165, 1.54) is 0 Å². The van der Waals surface area contributed by atoms with Gasteiger partial charge in [-0.2, -0.15) is 0 Å². The van der Waals surface area contributed by atoms with Gasteiger partial charge in [-0.1, -0.05) is 0 Å². The van der Waals surface area contributed by atoms with Gasteiger partial charge in [0.05, 0.1) is 19.3 Å². The predicted octanol–water partition coefficient (Wildman–Crippen LogP) is -0.726. The molecular weight excluding hydrogens is 298 g/mol. The van der Waals surface area contributed by atoms with Crippen LogP contribution in [0.4, 0.5) is 5.95 Å².